The van der Waals surface area contributed by atoms with Crippen LogP contribution in [0.5, 0.6) is 0 Å². The Balaban J connectivity index is 1.55. The highest BCUT2D eigenvalue weighted by Crippen LogP contribution is 2.20. The molecule has 158 valence electrons. The van der Waals surface area contributed by atoms with E-state index in [9.17, 15) is 4.79 Å². The number of hydrogen-bond donors (Lipinski definition) is 0. The number of rotatable bonds is 7. The zero-order chi connectivity index (χ0) is 20.8. The van der Waals surface area contributed by atoms with Crippen LogP contribution in [0.3, 0.4) is 0 Å². The van der Waals surface area contributed by atoms with Crippen LogP contribution >= 0.6 is 0 Å². The number of urea groups is 1. The van der Waals surface area contributed by atoms with E-state index in [1.165, 1.54) is 0 Å². The molecule has 0 saturated carbocycles. The average molecular weight is 407 g/mol. The standard InChI is InChI=1S/C24H30N4O2/c1-30-19-23-13-8-14-28(23)25-22-17-26(15-20-9-4-2-5-10-20)24(29)27(18-22)16-21-11-6-3-7-12-21/h2-7,9-12,23H,8,13-19H2,1H3/t23-/m0/s1. The lowest BCUT2D eigenvalue weighted by Crippen LogP contribution is -2.53. The van der Waals surface area contributed by atoms with Crippen molar-refractivity contribution >= 4 is 11.7 Å². The topological polar surface area (TPSA) is 48.4 Å². The Labute approximate surface area is 178 Å². The minimum atomic E-state index is 0.0662. The molecule has 0 radical (unpaired) electrons. The minimum absolute atomic E-state index is 0.0662. The molecule has 2 aromatic rings. The first-order chi connectivity index (χ1) is 14.7. The summed E-state index contributed by atoms with van der Waals surface area (Å²) < 4.78 is 5.38. The molecule has 1 atom stereocenters. The van der Waals surface area contributed by atoms with Crippen LogP contribution in [0.1, 0.15) is 24.0 Å². The molecule has 0 N–H and O–H groups in total. The summed E-state index contributed by atoms with van der Waals surface area (Å²) in [7, 11) is 1.74. The zero-order valence-electron chi connectivity index (χ0n) is 17.6. The third-order valence-corrected chi connectivity index (χ3v) is 5.70. The van der Waals surface area contributed by atoms with E-state index in [0.717, 1.165) is 36.2 Å². The lowest BCUT2D eigenvalue weighted by molar-refractivity contribution is 0.115. The Morgan fingerprint density at radius 2 is 1.50 bits per heavy atom. The lowest BCUT2D eigenvalue weighted by Gasteiger charge is -2.37. The Morgan fingerprint density at radius 3 is 2.03 bits per heavy atom. The summed E-state index contributed by atoms with van der Waals surface area (Å²) in [6, 6.07) is 20.7. The summed E-state index contributed by atoms with van der Waals surface area (Å²) in [6.07, 6.45) is 2.23. The van der Waals surface area contributed by atoms with E-state index in [1.54, 1.807) is 7.11 Å². The first-order valence-corrected chi connectivity index (χ1v) is 10.7. The normalized spacial score (nSPS) is 19.5. The molecule has 0 bridgehead atoms. The van der Waals surface area contributed by atoms with E-state index in [-0.39, 0.29) is 6.03 Å². The predicted molar refractivity (Wildman–Crippen MR) is 118 cm³/mol. The fourth-order valence-electron chi connectivity index (χ4n) is 4.24. The summed E-state index contributed by atoms with van der Waals surface area (Å²) >= 11 is 0. The van der Waals surface area contributed by atoms with Crippen LogP contribution in [0.15, 0.2) is 65.8 Å². The molecule has 2 heterocycles. The van der Waals surface area contributed by atoms with Gasteiger partial charge in [0.25, 0.3) is 0 Å². The van der Waals surface area contributed by atoms with Gasteiger partial charge in [-0.2, -0.15) is 5.10 Å². The van der Waals surface area contributed by atoms with Crippen molar-refractivity contribution in [3.8, 4) is 0 Å². The summed E-state index contributed by atoms with van der Waals surface area (Å²) in [6.45, 7) is 3.95. The van der Waals surface area contributed by atoms with Crippen LogP contribution in [0.4, 0.5) is 4.79 Å². The van der Waals surface area contributed by atoms with Gasteiger partial charge < -0.3 is 14.5 Å². The fraction of sp³-hybridized carbons (Fsp3) is 0.417. The largest absolute Gasteiger partial charge is 0.382 e. The molecule has 0 spiro atoms. The molecule has 2 aliphatic rings. The van der Waals surface area contributed by atoms with Crippen molar-refractivity contribution in [2.24, 2.45) is 5.10 Å². The molecular formula is C24H30N4O2. The first kappa shape index (κ1) is 20.4. The van der Waals surface area contributed by atoms with Crippen LogP contribution in [-0.4, -0.2) is 65.9 Å². The number of carbonyl (C=O) groups excluding carboxylic acids is 1. The third kappa shape index (κ3) is 5.00. The van der Waals surface area contributed by atoms with Crippen molar-refractivity contribution in [2.45, 2.75) is 32.0 Å². The van der Waals surface area contributed by atoms with Gasteiger partial charge in [-0.3, -0.25) is 5.01 Å². The highest BCUT2D eigenvalue weighted by Gasteiger charge is 2.31. The van der Waals surface area contributed by atoms with E-state index < -0.39 is 0 Å². The van der Waals surface area contributed by atoms with Gasteiger partial charge in [-0.15, -0.1) is 0 Å². The molecule has 2 aliphatic heterocycles. The monoisotopic (exact) mass is 406 g/mol. The lowest BCUT2D eigenvalue weighted by atomic mass is 10.1. The van der Waals surface area contributed by atoms with Gasteiger partial charge in [0.2, 0.25) is 0 Å². The SMILES string of the molecule is COC[C@@H]1CCCN1N=C1CN(Cc2ccccc2)C(=O)N(Cc2ccccc2)C1. The fourth-order valence-corrected chi connectivity index (χ4v) is 4.24. The van der Waals surface area contributed by atoms with E-state index in [0.29, 0.717) is 38.8 Å². The maximum absolute atomic E-state index is 13.2. The molecule has 6 heteroatoms. The van der Waals surface area contributed by atoms with E-state index in [4.69, 9.17) is 9.84 Å². The maximum Gasteiger partial charge on any atom is 0.321 e. The zero-order valence-corrected chi connectivity index (χ0v) is 17.6. The number of methoxy groups -OCH3 is 1. The molecule has 2 amide bonds. The van der Waals surface area contributed by atoms with Crippen LogP contribution < -0.4 is 0 Å². The molecule has 6 nitrogen and oxygen atoms in total. The Hall–Kier alpha value is -2.86. The maximum atomic E-state index is 13.2. The van der Waals surface area contributed by atoms with Gasteiger partial charge in [0.05, 0.1) is 31.4 Å². The third-order valence-electron chi connectivity index (χ3n) is 5.70. The molecule has 2 fully saturated rings. The van der Waals surface area contributed by atoms with Crippen LogP contribution in [0.25, 0.3) is 0 Å². The van der Waals surface area contributed by atoms with Gasteiger partial charge in [0, 0.05) is 26.7 Å². The van der Waals surface area contributed by atoms with Gasteiger partial charge >= 0.3 is 6.03 Å². The number of hydrazone groups is 1. The Morgan fingerprint density at radius 1 is 0.933 bits per heavy atom. The molecule has 0 unspecified atom stereocenters. The summed E-state index contributed by atoms with van der Waals surface area (Å²) in [5.74, 6) is 0. The van der Waals surface area contributed by atoms with Crippen LogP contribution in [0.2, 0.25) is 0 Å². The smallest absolute Gasteiger partial charge is 0.321 e. The van der Waals surface area contributed by atoms with Gasteiger partial charge in [0.15, 0.2) is 0 Å². The number of carbonyl (C=O) groups is 1. The second-order valence-corrected chi connectivity index (χ2v) is 8.05. The van der Waals surface area contributed by atoms with E-state index in [2.05, 4.69) is 29.3 Å². The van der Waals surface area contributed by atoms with Crippen molar-refractivity contribution in [2.75, 3.05) is 33.4 Å². The second kappa shape index (κ2) is 9.76. The summed E-state index contributed by atoms with van der Waals surface area (Å²) in [5, 5.41) is 7.15. The summed E-state index contributed by atoms with van der Waals surface area (Å²) in [5.41, 5.74) is 3.29. The van der Waals surface area contributed by atoms with Crippen molar-refractivity contribution in [3.05, 3.63) is 71.8 Å². The molecule has 4 rings (SSSR count). The average Bonchev–Trinajstić information content (AvgIpc) is 3.20. The Kier molecular flexibility index (Phi) is 6.64. The van der Waals surface area contributed by atoms with Crippen molar-refractivity contribution in [3.63, 3.8) is 0 Å². The van der Waals surface area contributed by atoms with Crippen molar-refractivity contribution < 1.29 is 9.53 Å². The Bertz CT molecular complexity index is 801. The summed E-state index contributed by atoms with van der Waals surface area (Å²) in [4.78, 5) is 17.1. The molecule has 0 aromatic heterocycles. The number of nitrogens with zero attached hydrogens (tertiary/aromatic N) is 4. The highest BCUT2D eigenvalue weighted by molar-refractivity contribution is 5.96. The second-order valence-electron chi connectivity index (χ2n) is 8.05. The molecule has 2 saturated heterocycles. The van der Waals surface area contributed by atoms with E-state index in [1.807, 2.05) is 46.2 Å². The molecule has 0 aliphatic carbocycles. The molecule has 30 heavy (non-hydrogen) atoms. The van der Waals surface area contributed by atoms with Crippen LogP contribution in [0, 0.1) is 0 Å². The van der Waals surface area contributed by atoms with Gasteiger partial charge in [0.1, 0.15) is 0 Å². The van der Waals surface area contributed by atoms with Gasteiger partial charge in [-0.1, -0.05) is 60.7 Å². The molecular weight excluding hydrogens is 376 g/mol. The first-order valence-electron chi connectivity index (χ1n) is 10.7. The molecule has 2 aromatic carbocycles. The van der Waals surface area contributed by atoms with Crippen LogP contribution in [-0.2, 0) is 17.8 Å². The number of amides is 2. The highest BCUT2D eigenvalue weighted by atomic mass is 16.5. The van der Waals surface area contributed by atoms with Gasteiger partial charge in [-0.05, 0) is 24.0 Å². The quantitative estimate of drug-likeness (QED) is 0.706. The van der Waals surface area contributed by atoms with Crippen molar-refractivity contribution in [1.29, 1.82) is 0 Å². The van der Waals surface area contributed by atoms with Crippen molar-refractivity contribution in [1.82, 2.24) is 14.8 Å². The number of hydrogen-bond acceptors (Lipinski definition) is 4. The predicted octanol–water partition coefficient (Wildman–Crippen LogP) is 3.59. The minimum Gasteiger partial charge on any atom is -0.382 e. The number of ether oxygens (including phenoxy) is 1. The van der Waals surface area contributed by atoms with E-state index >= 15 is 0 Å². The van der Waals surface area contributed by atoms with Gasteiger partial charge in [-0.25, -0.2) is 4.79 Å². The number of benzene rings is 2.